The van der Waals surface area contributed by atoms with Gasteiger partial charge in [-0.1, -0.05) is 5.57 Å². The van der Waals surface area contributed by atoms with E-state index in [0.29, 0.717) is 23.3 Å². The summed E-state index contributed by atoms with van der Waals surface area (Å²) in [5.74, 6) is 0.507. The first-order valence-electron chi connectivity index (χ1n) is 5.60. The maximum absolute atomic E-state index is 11.4. The molecule has 94 valence electrons. The number of phenolic OH excluding ortho intramolecular Hbond substituents is 1. The summed E-state index contributed by atoms with van der Waals surface area (Å²) in [6.07, 6.45) is 0.722. The molecule has 0 aliphatic carbocycles. The van der Waals surface area contributed by atoms with E-state index in [1.807, 2.05) is 6.92 Å². The van der Waals surface area contributed by atoms with Crippen molar-refractivity contribution >= 4 is 11.0 Å². The summed E-state index contributed by atoms with van der Waals surface area (Å²) in [4.78, 5) is 11.4. The fourth-order valence-corrected chi connectivity index (χ4v) is 1.58. The number of hydrogen-bond acceptors (Lipinski definition) is 4. The first kappa shape index (κ1) is 12.2. The minimum Gasteiger partial charge on any atom is -0.508 e. The van der Waals surface area contributed by atoms with Crippen LogP contribution in [0, 0.1) is 0 Å². The molecule has 2 aromatic rings. The third kappa shape index (κ3) is 2.71. The van der Waals surface area contributed by atoms with E-state index in [2.05, 4.69) is 6.58 Å². The van der Waals surface area contributed by atoms with E-state index < -0.39 is 5.63 Å². The fraction of sp³-hybridized carbons (Fsp3) is 0.214. The molecule has 4 heteroatoms. The monoisotopic (exact) mass is 246 g/mol. The fourth-order valence-electron chi connectivity index (χ4n) is 1.58. The van der Waals surface area contributed by atoms with E-state index in [1.54, 1.807) is 6.07 Å². The second kappa shape index (κ2) is 4.96. The van der Waals surface area contributed by atoms with Gasteiger partial charge in [0, 0.05) is 12.5 Å². The SMILES string of the molecule is C=C(C)CCOc1cc(=O)oc2cc(O)ccc12. The van der Waals surface area contributed by atoms with Crippen LogP contribution < -0.4 is 10.4 Å². The topological polar surface area (TPSA) is 59.7 Å². The quantitative estimate of drug-likeness (QED) is 0.665. The van der Waals surface area contributed by atoms with Gasteiger partial charge in [-0.25, -0.2) is 4.79 Å². The van der Waals surface area contributed by atoms with Crippen LogP contribution in [0.4, 0.5) is 0 Å². The average molecular weight is 246 g/mol. The highest BCUT2D eigenvalue weighted by atomic mass is 16.5. The van der Waals surface area contributed by atoms with Gasteiger partial charge in [0.1, 0.15) is 17.1 Å². The summed E-state index contributed by atoms with van der Waals surface area (Å²) in [6, 6.07) is 5.87. The molecule has 0 saturated carbocycles. The van der Waals surface area contributed by atoms with Crippen LogP contribution in [0.2, 0.25) is 0 Å². The lowest BCUT2D eigenvalue weighted by molar-refractivity contribution is 0.322. The maximum atomic E-state index is 11.4. The Balaban J connectivity index is 2.37. The van der Waals surface area contributed by atoms with E-state index in [0.717, 1.165) is 12.0 Å². The first-order chi connectivity index (χ1) is 8.56. The van der Waals surface area contributed by atoms with Crippen LogP contribution in [0.3, 0.4) is 0 Å². The normalized spacial score (nSPS) is 10.5. The molecule has 0 unspecified atom stereocenters. The molecule has 1 aromatic carbocycles. The zero-order valence-corrected chi connectivity index (χ0v) is 10.1. The van der Waals surface area contributed by atoms with Crippen LogP contribution in [-0.2, 0) is 0 Å². The number of fused-ring (bicyclic) bond motifs is 1. The van der Waals surface area contributed by atoms with E-state index in [4.69, 9.17) is 9.15 Å². The Hall–Kier alpha value is -2.23. The summed E-state index contributed by atoms with van der Waals surface area (Å²) in [6.45, 7) is 6.15. The number of hydrogen-bond donors (Lipinski definition) is 1. The van der Waals surface area contributed by atoms with Crippen molar-refractivity contribution in [1.29, 1.82) is 0 Å². The predicted octanol–water partition coefficient (Wildman–Crippen LogP) is 2.84. The minimum atomic E-state index is -0.501. The molecule has 0 aliphatic rings. The lowest BCUT2D eigenvalue weighted by atomic mass is 10.2. The number of aromatic hydroxyl groups is 1. The van der Waals surface area contributed by atoms with Gasteiger partial charge in [0.2, 0.25) is 0 Å². The van der Waals surface area contributed by atoms with Crippen molar-refractivity contribution in [3.63, 3.8) is 0 Å². The molecule has 0 atom stereocenters. The smallest absolute Gasteiger partial charge is 0.339 e. The van der Waals surface area contributed by atoms with E-state index >= 15 is 0 Å². The van der Waals surface area contributed by atoms with Gasteiger partial charge in [-0.2, -0.15) is 0 Å². The summed E-state index contributed by atoms with van der Waals surface area (Å²) in [5.41, 5.74) is 0.825. The molecule has 0 amide bonds. The van der Waals surface area contributed by atoms with Gasteiger partial charge in [-0.3, -0.25) is 0 Å². The molecule has 1 aromatic heterocycles. The Kier molecular flexibility index (Phi) is 3.37. The standard InChI is InChI=1S/C14H14O4/c1-9(2)5-6-17-12-8-14(16)18-13-7-10(15)3-4-11(12)13/h3-4,7-8,15H,1,5-6H2,2H3. The Morgan fingerprint density at radius 1 is 1.44 bits per heavy atom. The summed E-state index contributed by atoms with van der Waals surface area (Å²) >= 11 is 0. The van der Waals surface area contributed by atoms with Crippen molar-refractivity contribution in [3.8, 4) is 11.5 Å². The summed E-state index contributed by atoms with van der Waals surface area (Å²) in [5, 5.41) is 10.0. The van der Waals surface area contributed by atoms with Gasteiger partial charge in [0.05, 0.1) is 18.1 Å². The molecule has 0 aliphatic heterocycles. The molecule has 18 heavy (non-hydrogen) atoms. The summed E-state index contributed by atoms with van der Waals surface area (Å²) in [7, 11) is 0. The van der Waals surface area contributed by atoms with Crippen LogP contribution >= 0.6 is 0 Å². The van der Waals surface area contributed by atoms with E-state index in [9.17, 15) is 9.90 Å². The molecule has 1 N–H and O–H groups in total. The van der Waals surface area contributed by atoms with Crippen LogP contribution in [-0.4, -0.2) is 11.7 Å². The Labute approximate surface area is 104 Å². The second-order valence-electron chi connectivity index (χ2n) is 4.17. The highest BCUT2D eigenvalue weighted by Gasteiger charge is 2.07. The largest absolute Gasteiger partial charge is 0.508 e. The number of ether oxygens (including phenoxy) is 1. The van der Waals surface area contributed by atoms with Crippen LogP contribution in [0.1, 0.15) is 13.3 Å². The van der Waals surface area contributed by atoms with Crippen molar-refractivity contribution < 1.29 is 14.3 Å². The van der Waals surface area contributed by atoms with Crippen LogP contribution in [0.5, 0.6) is 11.5 Å². The molecule has 4 nitrogen and oxygen atoms in total. The van der Waals surface area contributed by atoms with Crippen LogP contribution in [0.15, 0.2) is 45.6 Å². The molecular formula is C14H14O4. The maximum Gasteiger partial charge on any atom is 0.339 e. The second-order valence-corrected chi connectivity index (χ2v) is 4.17. The molecule has 2 rings (SSSR count). The Morgan fingerprint density at radius 3 is 2.94 bits per heavy atom. The van der Waals surface area contributed by atoms with Crippen molar-refractivity contribution in [2.24, 2.45) is 0 Å². The van der Waals surface area contributed by atoms with Gasteiger partial charge >= 0.3 is 5.63 Å². The van der Waals surface area contributed by atoms with Crippen molar-refractivity contribution in [3.05, 3.63) is 46.8 Å². The van der Waals surface area contributed by atoms with Gasteiger partial charge in [-0.15, -0.1) is 6.58 Å². The zero-order valence-electron chi connectivity index (χ0n) is 10.1. The summed E-state index contributed by atoms with van der Waals surface area (Å²) < 4.78 is 10.5. The van der Waals surface area contributed by atoms with Gasteiger partial charge in [0.15, 0.2) is 0 Å². The van der Waals surface area contributed by atoms with Gasteiger partial charge in [-0.05, 0) is 19.1 Å². The molecule has 1 heterocycles. The van der Waals surface area contributed by atoms with Crippen molar-refractivity contribution in [1.82, 2.24) is 0 Å². The predicted molar refractivity (Wildman–Crippen MR) is 69.1 cm³/mol. The molecule has 0 radical (unpaired) electrons. The molecular weight excluding hydrogens is 232 g/mol. The van der Waals surface area contributed by atoms with Crippen molar-refractivity contribution in [2.45, 2.75) is 13.3 Å². The Morgan fingerprint density at radius 2 is 2.22 bits per heavy atom. The molecule has 0 saturated heterocycles. The number of rotatable bonds is 4. The highest BCUT2D eigenvalue weighted by molar-refractivity contribution is 5.84. The highest BCUT2D eigenvalue weighted by Crippen LogP contribution is 2.26. The first-order valence-corrected chi connectivity index (χ1v) is 5.60. The van der Waals surface area contributed by atoms with E-state index in [1.165, 1.54) is 18.2 Å². The molecule has 0 bridgehead atoms. The number of benzene rings is 1. The Bertz CT molecular complexity index is 640. The zero-order chi connectivity index (χ0) is 13.1. The van der Waals surface area contributed by atoms with Gasteiger partial charge < -0.3 is 14.3 Å². The minimum absolute atomic E-state index is 0.0461. The van der Waals surface area contributed by atoms with Crippen LogP contribution in [0.25, 0.3) is 11.0 Å². The van der Waals surface area contributed by atoms with Crippen molar-refractivity contribution in [2.75, 3.05) is 6.61 Å². The lowest BCUT2D eigenvalue weighted by Crippen LogP contribution is -2.03. The van der Waals surface area contributed by atoms with E-state index in [-0.39, 0.29) is 5.75 Å². The average Bonchev–Trinajstić information content (AvgIpc) is 2.27. The lowest BCUT2D eigenvalue weighted by Gasteiger charge is -2.08. The molecule has 0 spiro atoms. The van der Waals surface area contributed by atoms with Gasteiger partial charge in [0.25, 0.3) is 0 Å². The number of phenols is 1. The third-order valence-corrected chi connectivity index (χ3v) is 2.48. The molecule has 0 fully saturated rings. The third-order valence-electron chi connectivity index (χ3n) is 2.48.